The Morgan fingerprint density at radius 1 is 1.43 bits per heavy atom. The first-order chi connectivity index (χ1) is 14.5. The zero-order valence-electron chi connectivity index (χ0n) is 17.6. The summed E-state index contributed by atoms with van der Waals surface area (Å²) in [5, 5.41) is 15.1. The number of rotatable bonds is 6. The van der Waals surface area contributed by atoms with E-state index in [9.17, 15) is 5.26 Å². The SMILES string of the molecule is C=C(/C(C#N)=C(\C)C1CC1)N(CN)c1c(C)c(F)cc2c1cnn2C1CCCCO1. The lowest BCUT2D eigenvalue weighted by atomic mass is 10.0. The summed E-state index contributed by atoms with van der Waals surface area (Å²) in [6.07, 6.45) is 6.63. The Kier molecular flexibility index (Phi) is 5.63. The zero-order chi connectivity index (χ0) is 21.4. The van der Waals surface area contributed by atoms with E-state index >= 15 is 4.39 Å². The van der Waals surface area contributed by atoms with Crippen LogP contribution in [0, 0.1) is 30.0 Å². The maximum atomic E-state index is 15.0. The minimum Gasteiger partial charge on any atom is -0.356 e. The molecule has 4 rings (SSSR count). The summed E-state index contributed by atoms with van der Waals surface area (Å²) in [7, 11) is 0. The largest absolute Gasteiger partial charge is 0.356 e. The van der Waals surface area contributed by atoms with E-state index in [1.54, 1.807) is 22.7 Å². The highest BCUT2D eigenvalue weighted by Crippen LogP contribution is 2.41. The molecule has 30 heavy (non-hydrogen) atoms. The fourth-order valence-electron chi connectivity index (χ4n) is 4.31. The Morgan fingerprint density at radius 3 is 2.80 bits per heavy atom. The molecule has 0 radical (unpaired) electrons. The van der Waals surface area contributed by atoms with Gasteiger partial charge in [-0.25, -0.2) is 9.07 Å². The smallest absolute Gasteiger partial charge is 0.150 e. The fourth-order valence-corrected chi connectivity index (χ4v) is 4.31. The summed E-state index contributed by atoms with van der Waals surface area (Å²) in [5.74, 6) is 0.0820. The Hall–Kier alpha value is -2.69. The van der Waals surface area contributed by atoms with Gasteiger partial charge in [-0.05, 0) is 51.9 Å². The van der Waals surface area contributed by atoms with Gasteiger partial charge in [0.05, 0.1) is 35.3 Å². The maximum absolute atomic E-state index is 15.0. The van der Waals surface area contributed by atoms with Crippen molar-refractivity contribution in [3.63, 3.8) is 0 Å². The standard InChI is InChI=1S/C23H28FN5O/c1-14(17-7-8-17)18(11-25)16(3)28(13-26)23-15(2)20(24)10-21-19(23)12-27-29(21)22-6-4-5-9-30-22/h10,12,17,22H,3-9,13,26H2,1-2H3/b18-14+. The highest BCUT2D eigenvalue weighted by Gasteiger charge is 2.29. The summed E-state index contributed by atoms with van der Waals surface area (Å²) >= 11 is 0. The minimum atomic E-state index is -0.345. The molecule has 1 atom stereocenters. The second-order valence-electron chi connectivity index (χ2n) is 8.18. The zero-order valence-corrected chi connectivity index (χ0v) is 17.6. The van der Waals surface area contributed by atoms with E-state index < -0.39 is 0 Å². The summed E-state index contributed by atoms with van der Waals surface area (Å²) < 4.78 is 22.6. The van der Waals surface area contributed by atoms with Crippen molar-refractivity contribution in [1.82, 2.24) is 9.78 Å². The lowest BCUT2D eigenvalue weighted by Crippen LogP contribution is -2.31. The van der Waals surface area contributed by atoms with Crippen LogP contribution >= 0.6 is 0 Å². The van der Waals surface area contributed by atoms with Gasteiger partial charge in [0.25, 0.3) is 0 Å². The van der Waals surface area contributed by atoms with Crippen LogP contribution in [0.4, 0.5) is 10.1 Å². The van der Waals surface area contributed by atoms with Gasteiger partial charge in [-0.1, -0.05) is 12.2 Å². The number of aromatic nitrogens is 2. The van der Waals surface area contributed by atoms with Gasteiger partial charge in [-0.2, -0.15) is 10.4 Å². The third kappa shape index (κ3) is 3.51. The summed E-state index contributed by atoms with van der Waals surface area (Å²) in [5.41, 5.74) is 9.89. The molecule has 2 aliphatic rings. The number of nitrogens with two attached hydrogens (primary N) is 1. The number of nitriles is 1. The summed E-state index contributed by atoms with van der Waals surface area (Å²) in [4.78, 5) is 1.74. The molecule has 158 valence electrons. The molecule has 1 saturated heterocycles. The van der Waals surface area contributed by atoms with Crippen molar-refractivity contribution in [1.29, 1.82) is 5.26 Å². The highest BCUT2D eigenvalue weighted by molar-refractivity contribution is 5.95. The molecule has 2 N–H and O–H groups in total. The molecule has 1 aliphatic carbocycles. The molecule has 6 nitrogen and oxygen atoms in total. The van der Waals surface area contributed by atoms with Crippen molar-refractivity contribution >= 4 is 16.6 Å². The molecule has 1 saturated carbocycles. The average molecular weight is 410 g/mol. The Balaban J connectivity index is 1.83. The van der Waals surface area contributed by atoms with Gasteiger partial charge < -0.3 is 15.4 Å². The van der Waals surface area contributed by atoms with Crippen molar-refractivity contribution in [2.45, 2.75) is 52.2 Å². The molecule has 1 aromatic heterocycles. The number of benzene rings is 1. The van der Waals surface area contributed by atoms with Gasteiger partial charge in [-0.15, -0.1) is 0 Å². The molecule has 2 aromatic rings. The third-order valence-electron chi connectivity index (χ3n) is 6.26. The topological polar surface area (TPSA) is 80.1 Å². The van der Waals surface area contributed by atoms with Gasteiger partial charge in [0.1, 0.15) is 11.9 Å². The van der Waals surface area contributed by atoms with Crippen LogP contribution in [0.25, 0.3) is 10.9 Å². The fraction of sp³-hybridized carbons (Fsp3) is 0.478. The molecule has 7 heteroatoms. The molecule has 2 fully saturated rings. The number of ether oxygens (including phenoxy) is 1. The van der Waals surface area contributed by atoms with Crippen LogP contribution in [-0.2, 0) is 4.74 Å². The Labute approximate surface area is 176 Å². The van der Waals surface area contributed by atoms with Crippen molar-refractivity contribution in [3.8, 4) is 6.07 Å². The average Bonchev–Trinajstić information content (AvgIpc) is 3.53. The van der Waals surface area contributed by atoms with E-state index in [1.807, 2.05) is 6.92 Å². The lowest BCUT2D eigenvalue weighted by molar-refractivity contribution is -0.0366. The molecular formula is C23H28FN5O. The van der Waals surface area contributed by atoms with Crippen LogP contribution in [0.1, 0.15) is 50.8 Å². The minimum absolute atomic E-state index is 0.0759. The predicted molar refractivity (Wildman–Crippen MR) is 115 cm³/mol. The number of hydrogen-bond donors (Lipinski definition) is 1. The number of nitrogens with zero attached hydrogens (tertiary/aromatic N) is 4. The van der Waals surface area contributed by atoms with Gasteiger partial charge in [0.2, 0.25) is 0 Å². The maximum Gasteiger partial charge on any atom is 0.150 e. The van der Waals surface area contributed by atoms with E-state index in [4.69, 9.17) is 10.5 Å². The van der Waals surface area contributed by atoms with E-state index in [0.717, 1.165) is 43.1 Å². The first-order valence-corrected chi connectivity index (χ1v) is 10.5. The number of allylic oxidation sites excluding steroid dienone is 2. The molecule has 0 spiro atoms. The molecule has 1 aromatic carbocycles. The molecule has 1 aliphatic heterocycles. The lowest BCUT2D eigenvalue weighted by Gasteiger charge is -2.28. The Morgan fingerprint density at radius 2 is 2.20 bits per heavy atom. The van der Waals surface area contributed by atoms with Crippen molar-refractivity contribution in [3.05, 3.63) is 47.1 Å². The normalized spacial score (nSPS) is 20.0. The number of fused-ring (bicyclic) bond motifs is 1. The van der Waals surface area contributed by atoms with Gasteiger partial charge in [-0.3, -0.25) is 0 Å². The highest BCUT2D eigenvalue weighted by atomic mass is 19.1. The predicted octanol–water partition coefficient (Wildman–Crippen LogP) is 4.67. The summed E-state index contributed by atoms with van der Waals surface area (Å²) in [6.45, 7) is 8.62. The van der Waals surface area contributed by atoms with Gasteiger partial charge in [0.15, 0.2) is 6.23 Å². The van der Waals surface area contributed by atoms with E-state index in [-0.39, 0.29) is 18.7 Å². The van der Waals surface area contributed by atoms with Crippen LogP contribution < -0.4 is 10.6 Å². The number of halogens is 1. The summed E-state index contributed by atoms with van der Waals surface area (Å²) in [6, 6.07) is 3.80. The van der Waals surface area contributed by atoms with Crippen molar-refractivity contribution in [2.24, 2.45) is 11.7 Å². The number of hydrogen-bond acceptors (Lipinski definition) is 5. The van der Waals surface area contributed by atoms with Crippen LogP contribution in [0.2, 0.25) is 0 Å². The van der Waals surface area contributed by atoms with E-state index in [0.29, 0.717) is 40.6 Å². The molecule has 0 bridgehead atoms. The number of anilines is 1. The van der Waals surface area contributed by atoms with E-state index in [2.05, 4.69) is 17.7 Å². The first kappa shape index (κ1) is 20.6. The second kappa shape index (κ2) is 8.21. The van der Waals surface area contributed by atoms with Crippen LogP contribution in [0.15, 0.2) is 35.7 Å². The second-order valence-corrected chi connectivity index (χ2v) is 8.18. The third-order valence-corrected chi connectivity index (χ3v) is 6.26. The van der Waals surface area contributed by atoms with Crippen LogP contribution in [0.3, 0.4) is 0 Å². The first-order valence-electron chi connectivity index (χ1n) is 10.5. The quantitative estimate of drug-likeness (QED) is 0.426. The molecule has 2 heterocycles. The van der Waals surface area contributed by atoms with E-state index in [1.165, 1.54) is 6.07 Å². The molecular weight excluding hydrogens is 381 g/mol. The Bertz CT molecular complexity index is 1050. The van der Waals surface area contributed by atoms with Crippen molar-refractivity contribution in [2.75, 3.05) is 18.2 Å². The molecule has 1 unspecified atom stereocenters. The molecule has 0 amide bonds. The van der Waals surface area contributed by atoms with Crippen LogP contribution in [0.5, 0.6) is 0 Å². The monoisotopic (exact) mass is 409 g/mol. The van der Waals surface area contributed by atoms with Crippen molar-refractivity contribution < 1.29 is 9.13 Å². The van der Waals surface area contributed by atoms with Crippen LogP contribution in [-0.4, -0.2) is 23.1 Å². The van der Waals surface area contributed by atoms with Gasteiger partial charge in [0, 0.05) is 23.6 Å². The van der Waals surface area contributed by atoms with Gasteiger partial charge >= 0.3 is 0 Å².